The van der Waals surface area contributed by atoms with Crippen LogP contribution in [-0.4, -0.2) is 13.1 Å². The number of carbonyl (C=O) groups excluding carboxylic acids is 1. The first kappa shape index (κ1) is 10.8. The van der Waals surface area contributed by atoms with Gasteiger partial charge in [0.05, 0.1) is 12.5 Å². The van der Waals surface area contributed by atoms with E-state index in [1.54, 1.807) is 11.3 Å². The highest BCUT2D eigenvalue weighted by Gasteiger charge is 2.51. The Labute approximate surface area is 104 Å². The van der Waals surface area contributed by atoms with Gasteiger partial charge in [0.15, 0.2) is 0 Å². The lowest BCUT2D eigenvalue weighted by Gasteiger charge is -2.11. The van der Waals surface area contributed by atoms with Gasteiger partial charge in [0.1, 0.15) is 0 Å². The molecule has 1 saturated carbocycles. The Morgan fingerprint density at radius 2 is 2.18 bits per heavy atom. The van der Waals surface area contributed by atoms with Crippen LogP contribution >= 0.6 is 11.3 Å². The van der Waals surface area contributed by atoms with Gasteiger partial charge in [-0.05, 0) is 41.7 Å². The summed E-state index contributed by atoms with van der Waals surface area (Å²) in [5, 5.41) is 3.46. The second-order valence-electron chi connectivity index (χ2n) is 4.71. The Morgan fingerprint density at radius 3 is 2.88 bits per heavy atom. The van der Waals surface area contributed by atoms with Crippen molar-refractivity contribution in [2.45, 2.75) is 19.3 Å². The third-order valence-electron chi connectivity index (χ3n) is 3.56. The van der Waals surface area contributed by atoms with Gasteiger partial charge in [0.25, 0.3) is 0 Å². The first-order valence-corrected chi connectivity index (χ1v) is 6.67. The SMILES string of the molecule is COC(=O)C1(Cc2csc3ccccc23)CC1. The molecule has 1 fully saturated rings. The normalized spacial score (nSPS) is 17.0. The molecule has 1 aromatic carbocycles. The average molecular weight is 246 g/mol. The van der Waals surface area contributed by atoms with Crippen LogP contribution in [0.5, 0.6) is 0 Å². The topological polar surface area (TPSA) is 26.3 Å². The van der Waals surface area contributed by atoms with Crippen LogP contribution in [-0.2, 0) is 16.0 Å². The smallest absolute Gasteiger partial charge is 0.312 e. The summed E-state index contributed by atoms with van der Waals surface area (Å²) in [6.45, 7) is 0. The molecule has 3 heteroatoms. The number of esters is 1. The molecule has 17 heavy (non-hydrogen) atoms. The van der Waals surface area contributed by atoms with Gasteiger partial charge in [0.2, 0.25) is 0 Å². The largest absolute Gasteiger partial charge is 0.469 e. The molecule has 2 nitrogen and oxygen atoms in total. The lowest BCUT2D eigenvalue weighted by atomic mass is 9.96. The van der Waals surface area contributed by atoms with E-state index in [1.807, 2.05) is 0 Å². The summed E-state index contributed by atoms with van der Waals surface area (Å²) < 4.78 is 6.20. The minimum atomic E-state index is -0.224. The lowest BCUT2D eigenvalue weighted by Crippen LogP contribution is -2.19. The van der Waals surface area contributed by atoms with Crippen LogP contribution in [0, 0.1) is 5.41 Å². The monoisotopic (exact) mass is 246 g/mol. The molecule has 0 amide bonds. The van der Waals surface area contributed by atoms with Crippen LogP contribution in [0.4, 0.5) is 0 Å². The zero-order valence-corrected chi connectivity index (χ0v) is 10.5. The van der Waals surface area contributed by atoms with Crippen LogP contribution in [0.3, 0.4) is 0 Å². The van der Waals surface area contributed by atoms with Gasteiger partial charge in [0, 0.05) is 4.70 Å². The van der Waals surface area contributed by atoms with Gasteiger partial charge in [-0.1, -0.05) is 18.2 Å². The van der Waals surface area contributed by atoms with Gasteiger partial charge in [-0.25, -0.2) is 0 Å². The maximum absolute atomic E-state index is 11.7. The summed E-state index contributed by atoms with van der Waals surface area (Å²) in [4.78, 5) is 11.7. The quantitative estimate of drug-likeness (QED) is 0.776. The highest BCUT2D eigenvalue weighted by Crippen LogP contribution is 2.50. The molecule has 3 rings (SSSR count). The van der Waals surface area contributed by atoms with E-state index >= 15 is 0 Å². The first-order chi connectivity index (χ1) is 8.25. The van der Waals surface area contributed by atoms with Crippen molar-refractivity contribution in [3.63, 3.8) is 0 Å². The zero-order valence-electron chi connectivity index (χ0n) is 9.73. The van der Waals surface area contributed by atoms with Crippen molar-refractivity contribution in [1.82, 2.24) is 0 Å². The molecule has 88 valence electrons. The fourth-order valence-corrected chi connectivity index (χ4v) is 3.32. The van der Waals surface area contributed by atoms with Crippen LogP contribution in [0.1, 0.15) is 18.4 Å². The van der Waals surface area contributed by atoms with E-state index in [0.717, 1.165) is 19.3 Å². The van der Waals surface area contributed by atoms with Crippen molar-refractivity contribution in [3.8, 4) is 0 Å². The predicted molar refractivity (Wildman–Crippen MR) is 69.2 cm³/mol. The third-order valence-corrected chi connectivity index (χ3v) is 4.57. The number of carbonyl (C=O) groups is 1. The maximum atomic E-state index is 11.7. The van der Waals surface area contributed by atoms with E-state index in [0.29, 0.717) is 0 Å². The minimum absolute atomic E-state index is 0.0484. The number of hydrogen-bond acceptors (Lipinski definition) is 3. The first-order valence-electron chi connectivity index (χ1n) is 5.79. The van der Waals surface area contributed by atoms with Crippen molar-refractivity contribution in [2.75, 3.05) is 7.11 Å². The number of benzene rings is 1. The summed E-state index contributed by atoms with van der Waals surface area (Å²) in [5.41, 5.74) is 1.06. The van der Waals surface area contributed by atoms with Gasteiger partial charge < -0.3 is 4.74 Å². The fourth-order valence-electron chi connectivity index (χ4n) is 2.35. The Hall–Kier alpha value is -1.35. The summed E-state index contributed by atoms with van der Waals surface area (Å²) >= 11 is 1.75. The molecule has 2 aromatic rings. The van der Waals surface area contributed by atoms with Crippen molar-refractivity contribution in [3.05, 3.63) is 35.2 Å². The molecule has 0 saturated heterocycles. The highest BCUT2D eigenvalue weighted by molar-refractivity contribution is 7.17. The number of thiophene rings is 1. The molecule has 0 radical (unpaired) electrons. The molecular weight excluding hydrogens is 232 g/mol. The highest BCUT2D eigenvalue weighted by atomic mass is 32.1. The van der Waals surface area contributed by atoms with E-state index in [1.165, 1.54) is 22.8 Å². The summed E-state index contributed by atoms with van der Waals surface area (Å²) in [5.74, 6) is -0.0484. The van der Waals surface area contributed by atoms with Crippen molar-refractivity contribution in [1.29, 1.82) is 0 Å². The number of ether oxygens (including phenoxy) is 1. The molecule has 0 bridgehead atoms. The van der Waals surface area contributed by atoms with E-state index in [4.69, 9.17) is 4.74 Å². The van der Waals surface area contributed by atoms with Crippen LogP contribution in [0.25, 0.3) is 10.1 Å². The molecule has 1 heterocycles. The molecule has 1 aliphatic carbocycles. The zero-order chi connectivity index (χ0) is 11.9. The second-order valence-corrected chi connectivity index (χ2v) is 5.62. The summed E-state index contributed by atoms with van der Waals surface area (Å²) in [6.07, 6.45) is 2.75. The summed E-state index contributed by atoms with van der Waals surface area (Å²) in [7, 11) is 1.48. The molecule has 0 spiro atoms. The van der Waals surface area contributed by atoms with Crippen LogP contribution in [0.15, 0.2) is 29.6 Å². The third kappa shape index (κ3) is 1.75. The predicted octanol–water partition coefficient (Wildman–Crippen LogP) is 3.40. The molecule has 0 unspecified atom stereocenters. The van der Waals surface area contributed by atoms with E-state index in [2.05, 4.69) is 29.6 Å². The van der Waals surface area contributed by atoms with Gasteiger partial charge in [-0.2, -0.15) is 0 Å². The van der Waals surface area contributed by atoms with Crippen molar-refractivity contribution < 1.29 is 9.53 Å². The van der Waals surface area contributed by atoms with Gasteiger partial charge in [-0.15, -0.1) is 11.3 Å². The Bertz CT molecular complexity index is 566. The summed E-state index contributed by atoms with van der Waals surface area (Å²) in [6, 6.07) is 8.36. The van der Waals surface area contributed by atoms with E-state index < -0.39 is 0 Å². The van der Waals surface area contributed by atoms with Crippen LogP contribution in [0.2, 0.25) is 0 Å². The maximum Gasteiger partial charge on any atom is 0.312 e. The molecular formula is C14H14O2S. The standard InChI is InChI=1S/C14H14O2S/c1-16-13(15)14(6-7-14)8-10-9-17-12-5-3-2-4-11(10)12/h2-5,9H,6-8H2,1H3. The van der Waals surface area contributed by atoms with Crippen LogP contribution < -0.4 is 0 Å². The minimum Gasteiger partial charge on any atom is -0.469 e. The Kier molecular flexibility index (Phi) is 2.44. The van der Waals surface area contributed by atoms with Crippen molar-refractivity contribution in [2.24, 2.45) is 5.41 Å². The molecule has 0 N–H and O–H groups in total. The van der Waals surface area contributed by atoms with Crippen molar-refractivity contribution >= 4 is 27.4 Å². The Morgan fingerprint density at radius 1 is 1.41 bits per heavy atom. The van der Waals surface area contributed by atoms with Gasteiger partial charge >= 0.3 is 5.97 Å². The fraction of sp³-hybridized carbons (Fsp3) is 0.357. The molecule has 1 aliphatic rings. The van der Waals surface area contributed by atoms with E-state index in [-0.39, 0.29) is 11.4 Å². The second kappa shape index (κ2) is 3.84. The average Bonchev–Trinajstić information content (AvgIpc) is 3.04. The molecule has 1 aromatic heterocycles. The lowest BCUT2D eigenvalue weighted by molar-refractivity contribution is -0.147. The number of methoxy groups -OCH3 is 1. The number of hydrogen-bond donors (Lipinski definition) is 0. The molecule has 0 atom stereocenters. The number of rotatable bonds is 3. The Balaban J connectivity index is 1.93. The molecule has 0 aliphatic heterocycles. The number of fused-ring (bicyclic) bond motifs is 1. The van der Waals surface area contributed by atoms with E-state index in [9.17, 15) is 4.79 Å². The van der Waals surface area contributed by atoms with Gasteiger partial charge in [-0.3, -0.25) is 4.79 Å².